The first-order valence-corrected chi connectivity index (χ1v) is 8.08. The van der Waals surface area contributed by atoms with E-state index in [9.17, 15) is 4.79 Å². The maximum absolute atomic E-state index is 10.7. The van der Waals surface area contributed by atoms with Crippen molar-refractivity contribution in [3.05, 3.63) is 59.1 Å². The van der Waals surface area contributed by atoms with Crippen molar-refractivity contribution in [2.75, 3.05) is 26.3 Å². The summed E-state index contributed by atoms with van der Waals surface area (Å²) in [6.07, 6.45) is 0.849. The first-order chi connectivity index (χ1) is 11.6. The van der Waals surface area contributed by atoms with E-state index in [-0.39, 0.29) is 5.56 Å². The van der Waals surface area contributed by atoms with Gasteiger partial charge in [0, 0.05) is 11.6 Å². The number of aromatic carboxylic acids is 1. The molecule has 0 aliphatic rings. The van der Waals surface area contributed by atoms with Gasteiger partial charge in [0.05, 0.1) is 12.2 Å². The van der Waals surface area contributed by atoms with E-state index >= 15 is 0 Å². The fraction of sp³-hybridized carbons (Fsp3) is 0.278. The van der Waals surface area contributed by atoms with Crippen LogP contribution in [0, 0.1) is 0 Å². The molecule has 2 aromatic carbocycles. The second-order valence-corrected chi connectivity index (χ2v) is 5.52. The van der Waals surface area contributed by atoms with E-state index in [1.807, 2.05) is 12.1 Å². The highest BCUT2D eigenvalue weighted by Crippen LogP contribution is 2.15. The number of benzene rings is 2. The molecule has 0 saturated carbocycles. The average Bonchev–Trinajstić information content (AvgIpc) is 2.59. The Morgan fingerprint density at radius 2 is 1.50 bits per heavy atom. The minimum absolute atomic E-state index is 0.254. The van der Waals surface area contributed by atoms with Gasteiger partial charge in [0.1, 0.15) is 18.1 Å². The van der Waals surface area contributed by atoms with Crippen LogP contribution in [-0.2, 0) is 0 Å². The lowest BCUT2D eigenvalue weighted by Gasteiger charge is -2.09. The topological polar surface area (TPSA) is 67.8 Å². The number of rotatable bonds is 10. The predicted molar refractivity (Wildman–Crippen MR) is 93.3 cm³/mol. The zero-order valence-corrected chi connectivity index (χ0v) is 14.0. The Bertz CT molecular complexity index is 628. The lowest BCUT2D eigenvalue weighted by molar-refractivity contribution is 0.0697. The van der Waals surface area contributed by atoms with Crippen molar-refractivity contribution in [1.29, 1.82) is 0 Å². The summed E-state index contributed by atoms with van der Waals surface area (Å²) in [5.41, 5.74) is 0.254. The van der Waals surface area contributed by atoms with E-state index in [0.717, 1.165) is 25.3 Å². The Balaban J connectivity index is 1.50. The second-order valence-electron chi connectivity index (χ2n) is 5.08. The number of hydrogen-bond acceptors (Lipinski definition) is 4. The molecule has 128 valence electrons. The molecule has 24 heavy (non-hydrogen) atoms. The van der Waals surface area contributed by atoms with Gasteiger partial charge in [0.25, 0.3) is 0 Å². The van der Waals surface area contributed by atoms with Crippen molar-refractivity contribution in [3.8, 4) is 11.5 Å². The van der Waals surface area contributed by atoms with Crippen LogP contribution in [0.1, 0.15) is 16.8 Å². The third-order valence-corrected chi connectivity index (χ3v) is 3.48. The highest BCUT2D eigenvalue weighted by Gasteiger charge is 2.01. The molecule has 0 spiro atoms. The summed E-state index contributed by atoms with van der Waals surface area (Å²) in [5.74, 6) is 0.534. The molecule has 2 rings (SSSR count). The molecule has 0 amide bonds. The van der Waals surface area contributed by atoms with E-state index in [0.29, 0.717) is 24.0 Å². The van der Waals surface area contributed by atoms with Crippen molar-refractivity contribution >= 4 is 17.6 Å². The summed E-state index contributed by atoms with van der Waals surface area (Å²) >= 11 is 5.80. The van der Waals surface area contributed by atoms with Gasteiger partial charge < -0.3 is 19.9 Å². The van der Waals surface area contributed by atoms with E-state index in [1.54, 1.807) is 24.3 Å². The second kappa shape index (κ2) is 9.80. The summed E-state index contributed by atoms with van der Waals surface area (Å²) in [5, 5.41) is 12.8. The van der Waals surface area contributed by atoms with Crippen LogP contribution in [0.2, 0.25) is 5.02 Å². The van der Waals surface area contributed by atoms with Gasteiger partial charge in [-0.1, -0.05) is 11.6 Å². The third-order valence-electron chi connectivity index (χ3n) is 3.23. The molecule has 0 saturated heterocycles. The Kier molecular flexibility index (Phi) is 7.39. The number of carbonyl (C=O) groups is 1. The zero-order chi connectivity index (χ0) is 17.2. The average molecular weight is 350 g/mol. The van der Waals surface area contributed by atoms with Crippen LogP contribution in [0.25, 0.3) is 0 Å². The van der Waals surface area contributed by atoms with Crippen molar-refractivity contribution in [2.45, 2.75) is 6.42 Å². The van der Waals surface area contributed by atoms with Crippen LogP contribution >= 0.6 is 11.6 Å². The zero-order valence-electron chi connectivity index (χ0n) is 13.2. The van der Waals surface area contributed by atoms with Gasteiger partial charge in [-0.3, -0.25) is 0 Å². The van der Waals surface area contributed by atoms with Crippen molar-refractivity contribution in [1.82, 2.24) is 5.32 Å². The third kappa shape index (κ3) is 6.48. The normalized spacial score (nSPS) is 10.4. The molecular weight excluding hydrogens is 330 g/mol. The molecule has 0 bridgehead atoms. The molecule has 0 aliphatic carbocycles. The maximum atomic E-state index is 10.7. The Hall–Kier alpha value is -2.24. The lowest BCUT2D eigenvalue weighted by Crippen LogP contribution is -2.23. The van der Waals surface area contributed by atoms with Crippen molar-refractivity contribution < 1.29 is 19.4 Å². The van der Waals surface area contributed by atoms with Gasteiger partial charge >= 0.3 is 5.97 Å². The quantitative estimate of drug-likeness (QED) is 0.643. The van der Waals surface area contributed by atoms with Gasteiger partial charge in [-0.15, -0.1) is 0 Å². The van der Waals surface area contributed by atoms with E-state index in [4.69, 9.17) is 26.2 Å². The molecule has 0 aromatic heterocycles. The maximum Gasteiger partial charge on any atom is 0.335 e. The molecular formula is C18H20ClNO4. The van der Waals surface area contributed by atoms with Crippen molar-refractivity contribution in [3.63, 3.8) is 0 Å². The first-order valence-electron chi connectivity index (χ1n) is 7.70. The van der Waals surface area contributed by atoms with Crippen LogP contribution in [-0.4, -0.2) is 37.4 Å². The van der Waals surface area contributed by atoms with Gasteiger partial charge in [-0.25, -0.2) is 4.79 Å². The highest BCUT2D eigenvalue weighted by molar-refractivity contribution is 6.30. The number of ether oxygens (including phenoxy) is 2. The number of nitrogens with one attached hydrogen (secondary N) is 1. The van der Waals surface area contributed by atoms with E-state index < -0.39 is 5.97 Å². The van der Waals surface area contributed by atoms with Crippen LogP contribution in [0.5, 0.6) is 11.5 Å². The molecule has 2 N–H and O–H groups in total. The van der Waals surface area contributed by atoms with Crippen LogP contribution in [0.4, 0.5) is 0 Å². The Labute approximate surface area is 146 Å². The molecule has 6 heteroatoms. The summed E-state index contributed by atoms with van der Waals surface area (Å²) in [6, 6.07) is 13.7. The van der Waals surface area contributed by atoms with Crippen LogP contribution in [0.15, 0.2) is 48.5 Å². The molecule has 2 aromatic rings. The SMILES string of the molecule is O=C(O)c1ccc(OCCCNCCOc2ccc(Cl)cc2)cc1. The number of hydrogen-bond donors (Lipinski definition) is 2. The molecule has 0 aliphatic heterocycles. The van der Waals surface area contributed by atoms with Crippen LogP contribution < -0.4 is 14.8 Å². The number of carboxylic acids is 1. The minimum atomic E-state index is -0.938. The number of carboxylic acid groups (broad SMARTS) is 1. The van der Waals surface area contributed by atoms with Gasteiger partial charge in [-0.05, 0) is 61.5 Å². The Morgan fingerprint density at radius 3 is 2.12 bits per heavy atom. The summed E-state index contributed by atoms with van der Waals surface area (Å²) in [4.78, 5) is 10.7. The molecule has 5 nitrogen and oxygen atoms in total. The van der Waals surface area contributed by atoms with Crippen LogP contribution in [0.3, 0.4) is 0 Å². The fourth-order valence-corrected chi connectivity index (χ4v) is 2.10. The van der Waals surface area contributed by atoms with E-state index in [2.05, 4.69) is 5.32 Å². The highest BCUT2D eigenvalue weighted by atomic mass is 35.5. The molecule has 0 radical (unpaired) electrons. The van der Waals surface area contributed by atoms with Gasteiger partial charge in [0.15, 0.2) is 0 Å². The van der Waals surface area contributed by atoms with Crippen molar-refractivity contribution in [2.24, 2.45) is 0 Å². The molecule has 0 atom stereocenters. The monoisotopic (exact) mass is 349 g/mol. The standard InChI is InChI=1S/C18H20ClNO4/c19-15-4-8-17(9-5-15)24-13-11-20-10-1-12-23-16-6-2-14(3-7-16)18(21)22/h2-9,20H,1,10-13H2,(H,21,22). The molecule has 0 unspecified atom stereocenters. The lowest BCUT2D eigenvalue weighted by atomic mass is 10.2. The largest absolute Gasteiger partial charge is 0.494 e. The van der Waals surface area contributed by atoms with Gasteiger partial charge in [-0.2, -0.15) is 0 Å². The van der Waals surface area contributed by atoms with Gasteiger partial charge in [0.2, 0.25) is 0 Å². The smallest absolute Gasteiger partial charge is 0.335 e. The molecule has 0 heterocycles. The summed E-state index contributed by atoms with van der Waals surface area (Å²) < 4.78 is 11.1. The fourth-order valence-electron chi connectivity index (χ4n) is 1.98. The Morgan fingerprint density at radius 1 is 0.917 bits per heavy atom. The van der Waals surface area contributed by atoms with E-state index in [1.165, 1.54) is 12.1 Å². The summed E-state index contributed by atoms with van der Waals surface area (Å²) in [7, 11) is 0. The number of halogens is 1. The first kappa shape index (κ1) is 18.1. The molecule has 0 fully saturated rings. The summed E-state index contributed by atoms with van der Waals surface area (Å²) in [6.45, 7) is 2.71. The predicted octanol–water partition coefficient (Wildman–Crippen LogP) is 3.48. The minimum Gasteiger partial charge on any atom is -0.494 e.